The number of rotatable bonds is 9. The van der Waals surface area contributed by atoms with Crippen molar-refractivity contribution < 1.29 is 9.80 Å². The SMILES string of the molecule is C[NH+](C)CCCN(CCC[NH+](C)C)C(=S)Nc1ccc(Cl)cc1. The van der Waals surface area contributed by atoms with Crippen LogP contribution < -0.4 is 15.1 Å². The van der Waals surface area contributed by atoms with Crippen LogP contribution in [0.25, 0.3) is 0 Å². The lowest BCUT2D eigenvalue weighted by Gasteiger charge is -2.26. The quantitative estimate of drug-likeness (QED) is 0.557. The smallest absolute Gasteiger partial charge is 0.173 e. The largest absolute Gasteiger partial charge is 0.349 e. The van der Waals surface area contributed by atoms with Gasteiger partial charge in [0.1, 0.15) is 0 Å². The molecule has 0 aliphatic heterocycles. The van der Waals surface area contributed by atoms with Crippen LogP contribution in [0.15, 0.2) is 24.3 Å². The van der Waals surface area contributed by atoms with Crippen LogP contribution >= 0.6 is 23.8 Å². The van der Waals surface area contributed by atoms with Gasteiger partial charge in [-0.15, -0.1) is 0 Å². The summed E-state index contributed by atoms with van der Waals surface area (Å²) in [5.74, 6) is 0. The summed E-state index contributed by atoms with van der Waals surface area (Å²) in [6.07, 6.45) is 2.28. The maximum Gasteiger partial charge on any atom is 0.173 e. The molecule has 3 N–H and O–H groups in total. The molecule has 0 spiro atoms. The van der Waals surface area contributed by atoms with Gasteiger partial charge in [0.05, 0.1) is 41.3 Å². The summed E-state index contributed by atoms with van der Waals surface area (Å²) in [7, 11) is 8.74. The molecule has 4 nitrogen and oxygen atoms in total. The zero-order chi connectivity index (χ0) is 17.2. The second-order valence-electron chi connectivity index (χ2n) is 6.55. The molecular weight excluding hydrogens is 328 g/mol. The first kappa shape index (κ1) is 20.2. The fraction of sp³-hybridized carbons (Fsp3) is 0.588. The number of benzene rings is 1. The van der Waals surface area contributed by atoms with Crippen molar-refractivity contribution in [3.63, 3.8) is 0 Å². The van der Waals surface area contributed by atoms with Crippen LogP contribution in [-0.2, 0) is 0 Å². The average molecular weight is 359 g/mol. The van der Waals surface area contributed by atoms with Crippen molar-refractivity contribution in [3.05, 3.63) is 29.3 Å². The van der Waals surface area contributed by atoms with Crippen LogP contribution in [0.5, 0.6) is 0 Å². The van der Waals surface area contributed by atoms with Gasteiger partial charge >= 0.3 is 0 Å². The highest BCUT2D eigenvalue weighted by molar-refractivity contribution is 7.80. The third-order valence-electron chi connectivity index (χ3n) is 3.59. The van der Waals surface area contributed by atoms with E-state index in [2.05, 4.69) is 38.4 Å². The molecule has 1 aromatic carbocycles. The molecular formula is C17H31ClN4S+2. The minimum absolute atomic E-state index is 0.737. The molecule has 0 aliphatic carbocycles. The Morgan fingerprint density at radius 1 is 1.00 bits per heavy atom. The first-order valence-corrected chi connectivity index (χ1v) is 9.06. The maximum atomic E-state index is 5.93. The van der Waals surface area contributed by atoms with Crippen molar-refractivity contribution in [3.8, 4) is 0 Å². The summed E-state index contributed by atoms with van der Waals surface area (Å²) < 4.78 is 0. The Morgan fingerprint density at radius 2 is 1.48 bits per heavy atom. The summed E-state index contributed by atoms with van der Waals surface area (Å²) >= 11 is 11.5. The van der Waals surface area contributed by atoms with Gasteiger partial charge in [-0.05, 0) is 36.5 Å². The molecule has 0 aliphatic rings. The molecule has 0 saturated heterocycles. The van der Waals surface area contributed by atoms with Gasteiger partial charge < -0.3 is 20.0 Å². The van der Waals surface area contributed by atoms with E-state index in [-0.39, 0.29) is 0 Å². The lowest BCUT2D eigenvalue weighted by Crippen LogP contribution is -3.05. The van der Waals surface area contributed by atoms with Crippen LogP contribution in [0.1, 0.15) is 12.8 Å². The van der Waals surface area contributed by atoms with Crippen LogP contribution in [-0.4, -0.2) is 64.4 Å². The highest BCUT2D eigenvalue weighted by atomic mass is 35.5. The predicted molar refractivity (Wildman–Crippen MR) is 104 cm³/mol. The van der Waals surface area contributed by atoms with Crippen LogP contribution in [0, 0.1) is 0 Å². The second-order valence-corrected chi connectivity index (χ2v) is 7.37. The number of quaternary nitrogens is 2. The maximum absolute atomic E-state index is 5.93. The zero-order valence-electron chi connectivity index (χ0n) is 14.8. The van der Waals surface area contributed by atoms with E-state index in [0.717, 1.165) is 54.8 Å². The predicted octanol–water partition coefficient (Wildman–Crippen LogP) is 0.408. The molecule has 0 heterocycles. The molecule has 0 atom stereocenters. The van der Waals surface area contributed by atoms with Gasteiger partial charge in [-0.1, -0.05) is 11.6 Å². The normalized spacial score (nSPS) is 11.1. The van der Waals surface area contributed by atoms with E-state index >= 15 is 0 Å². The Hall–Kier alpha value is -0.880. The van der Waals surface area contributed by atoms with E-state index in [1.807, 2.05) is 24.3 Å². The van der Waals surface area contributed by atoms with E-state index in [4.69, 9.17) is 23.8 Å². The van der Waals surface area contributed by atoms with Gasteiger partial charge in [-0.25, -0.2) is 0 Å². The molecule has 0 fully saturated rings. The van der Waals surface area contributed by atoms with Gasteiger partial charge in [0.25, 0.3) is 0 Å². The van der Waals surface area contributed by atoms with Gasteiger partial charge in [0, 0.05) is 36.6 Å². The van der Waals surface area contributed by atoms with Crippen LogP contribution in [0.4, 0.5) is 5.69 Å². The standard InChI is InChI=1S/C17H29ClN4S/c1-20(2)11-5-13-22(14-6-12-21(3)4)17(23)19-16-9-7-15(18)8-10-16/h7-10H,5-6,11-14H2,1-4H3,(H,19,23)/p+2. The van der Waals surface area contributed by atoms with Crippen molar-refractivity contribution >= 4 is 34.6 Å². The number of anilines is 1. The third-order valence-corrected chi connectivity index (χ3v) is 4.20. The van der Waals surface area contributed by atoms with Crippen molar-refractivity contribution in [1.29, 1.82) is 0 Å². The number of nitrogens with one attached hydrogen (secondary N) is 3. The Balaban J connectivity index is 2.56. The van der Waals surface area contributed by atoms with Gasteiger partial charge in [0.2, 0.25) is 0 Å². The molecule has 23 heavy (non-hydrogen) atoms. The lowest BCUT2D eigenvalue weighted by atomic mass is 10.3. The Bertz CT molecular complexity index is 448. The summed E-state index contributed by atoms with van der Waals surface area (Å²) in [5.41, 5.74) is 0.987. The van der Waals surface area contributed by atoms with E-state index in [0.29, 0.717) is 0 Å². The van der Waals surface area contributed by atoms with Gasteiger partial charge in [-0.3, -0.25) is 0 Å². The minimum atomic E-state index is 0.737. The molecule has 0 amide bonds. The number of halogens is 1. The lowest BCUT2D eigenvalue weighted by molar-refractivity contribution is -0.858. The molecule has 0 radical (unpaired) electrons. The fourth-order valence-corrected chi connectivity index (χ4v) is 2.72. The Kier molecular flexibility index (Phi) is 9.48. The third kappa shape index (κ3) is 9.11. The summed E-state index contributed by atoms with van der Waals surface area (Å²) in [6, 6.07) is 7.67. The van der Waals surface area contributed by atoms with E-state index in [1.165, 1.54) is 9.80 Å². The highest BCUT2D eigenvalue weighted by Gasteiger charge is 2.11. The van der Waals surface area contributed by atoms with Crippen LogP contribution in [0.3, 0.4) is 0 Å². The van der Waals surface area contributed by atoms with Crippen LogP contribution in [0.2, 0.25) is 5.02 Å². The van der Waals surface area contributed by atoms with Crippen molar-refractivity contribution in [2.24, 2.45) is 0 Å². The van der Waals surface area contributed by atoms with Crippen molar-refractivity contribution in [2.45, 2.75) is 12.8 Å². The second kappa shape index (κ2) is 10.8. The van der Waals surface area contributed by atoms with Gasteiger partial charge in [-0.2, -0.15) is 0 Å². The Morgan fingerprint density at radius 3 is 1.91 bits per heavy atom. The summed E-state index contributed by atoms with van der Waals surface area (Å²) in [4.78, 5) is 5.23. The number of hydrogen-bond acceptors (Lipinski definition) is 1. The zero-order valence-corrected chi connectivity index (χ0v) is 16.4. The molecule has 0 unspecified atom stereocenters. The molecule has 1 aromatic rings. The first-order valence-electron chi connectivity index (χ1n) is 8.28. The molecule has 130 valence electrons. The van der Waals surface area contributed by atoms with Crippen molar-refractivity contribution in [1.82, 2.24) is 4.90 Å². The topological polar surface area (TPSA) is 24.1 Å². The summed E-state index contributed by atoms with van der Waals surface area (Å²) in [5, 5.41) is 4.87. The van der Waals surface area contributed by atoms with E-state index < -0.39 is 0 Å². The summed E-state index contributed by atoms with van der Waals surface area (Å²) in [6.45, 7) is 4.29. The highest BCUT2D eigenvalue weighted by Crippen LogP contribution is 2.14. The molecule has 0 saturated carbocycles. The minimum Gasteiger partial charge on any atom is -0.349 e. The van der Waals surface area contributed by atoms with E-state index in [1.54, 1.807) is 0 Å². The van der Waals surface area contributed by atoms with Crippen molar-refractivity contribution in [2.75, 3.05) is 59.7 Å². The first-order chi connectivity index (χ1) is 10.9. The number of nitrogens with zero attached hydrogens (tertiary/aromatic N) is 1. The van der Waals surface area contributed by atoms with E-state index in [9.17, 15) is 0 Å². The molecule has 6 heteroatoms. The fourth-order valence-electron chi connectivity index (χ4n) is 2.30. The molecule has 1 rings (SSSR count). The average Bonchev–Trinajstić information content (AvgIpc) is 2.47. The monoisotopic (exact) mass is 358 g/mol. The number of hydrogen-bond donors (Lipinski definition) is 3. The van der Waals surface area contributed by atoms with Gasteiger partial charge in [0.15, 0.2) is 5.11 Å². The molecule has 0 aromatic heterocycles. The molecule has 0 bridgehead atoms. The number of thiocarbonyl (C=S) groups is 1. The Labute approximate surface area is 151 Å².